The highest BCUT2D eigenvalue weighted by molar-refractivity contribution is 8.01. The van der Waals surface area contributed by atoms with Crippen LogP contribution in [0.1, 0.15) is 35.9 Å². The fourth-order valence-corrected chi connectivity index (χ4v) is 5.33. The number of rotatable bonds is 6. The number of aryl methyl sites for hydroxylation is 2. The first-order chi connectivity index (χ1) is 14.3. The molecule has 3 aromatic heterocycles. The Balaban J connectivity index is 1.76. The summed E-state index contributed by atoms with van der Waals surface area (Å²) in [5.41, 5.74) is 3.26. The summed E-state index contributed by atoms with van der Waals surface area (Å²) >= 11 is 3.12. The molecule has 0 amide bonds. The van der Waals surface area contributed by atoms with Crippen LogP contribution < -0.4 is 0 Å². The number of carboxylic acid groups (broad SMARTS) is 1. The summed E-state index contributed by atoms with van der Waals surface area (Å²) in [6, 6.07) is 9.26. The molecule has 1 N–H and O–H groups in total. The topological polar surface area (TPSA) is 107 Å². The third kappa shape index (κ3) is 4.01. The Hall–Kier alpha value is -2.98. The molecule has 10 heteroatoms. The molecule has 0 radical (unpaired) electrons. The van der Waals surface area contributed by atoms with E-state index in [0.717, 1.165) is 21.0 Å². The first-order valence-electron chi connectivity index (χ1n) is 9.20. The van der Waals surface area contributed by atoms with Crippen LogP contribution in [0.2, 0.25) is 0 Å². The Kier molecular flexibility index (Phi) is 5.44. The number of hydrogen-bond acceptors (Lipinski definition) is 8. The summed E-state index contributed by atoms with van der Waals surface area (Å²) in [5.74, 6) is -0.0601. The van der Waals surface area contributed by atoms with Crippen molar-refractivity contribution < 1.29 is 14.3 Å². The molecular formula is C20H19N5O3S2. The molecule has 4 rings (SSSR count). The van der Waals surface area contributed by atoms with Gasteiger partial charge in [-0.05, 0) is 25.1 Å². The molecule has 0 atom stereocenters. The van der Waals surface area contributed by atoms with Crippen molar-refractivity contribution in [2.45, 2.75) is 37.2 Å². The molecule has 154 valence electrons. The van der Waals surface area contributed by atoms with Gasteiger partial charge < -0.3 is 9.52 Å². The minimum Gasteiger partial charge on any atom is -0.477 e. The lowest BCUT2D eigenvalue weighted by Crippen LogP contribution is -2.07. The van der Waals surface area contributed by atoms with Crippen LogP contribution in [0, 0.1) is 13.8 Å². The number of aromatic carboxylic acids is 1. The molecule has 30 heavy (non-hydrogen) atoms. The highest BCUT2D eigenvalue weighted by Gasteiger charge is 2.21. The minimum absolute atomic E-state index is 0.0935. The van der Waals surface area contributed by atoms with Crippen molar-refractivity contribution in [3.8, 4) is 27.8 Å². The zero-order chi connectivity index (χ0) is 21.4. The maximum absolute atomic E-state index is 11.6. The number of thioether (sulfide) groups is 1. The zero-order valence-corrected chi connectivity index (χ0v) is 18.4. The fraction of sp³-hybridized carbons (Fsp3) is 0.250. The number of carbonyl (C=O) groups is 1. The summed E-state index contributed by atoms with van der Waals surface area (Å²) in [6.45, 7) is 7.73. The van der Waals surface area contributed by atoms with Crippen LogP contribution in [0.4, 0.5) is 0 Å². The Morgan fingerprint density at radius 1 is 1.17 bits per heavy atom. The summed E-state index contributed by atoms with van der Waals surface area (Å²) < 4.78 is 7.88. The molecule has 8 nitrogen and oxygen atoms in total. The average Bonchev–Trinajstić information content (AvgIpc) is 3.40. The Morgan fingerprint density at radius 3 is 2.47 bits per heavy atom. The monoisotopic (exact) mass is 441 g/mol. The van der Waals surface area contributed by atoms with Gasteiger partial charge in [0.1, 0.15) is 0 Å². The fourth-order valence-electron chi connectivity index (χ4n) is 2.84. The highest BCUT2D eigenvalue weighted by atomic mass is 32.2. The molecule has 3 heterocycles. The van der Waals surface area contributed by atoms with Crippen LogP contribution in [-0.2, 0) is 0 Å². The lowest BCUT2D eigenvalue weighted by molar-refractivity contribution is 0.0687. The third-order valence-electron chi connectivity index (χ3n) is 4.09. The number of aromatic nitrogens is 5. The zero-order valence-electron chi connectivity index (χ0n) is 16.8. The molecule has 0 bridgehead atoms. The number of nitrogens with zero attached hydrogens (tertiary/aromatic N) is 5. The van der Waals surface area contributed by atoms with Crippen LogP contribution in [0.15, 0.2) is 39.0 Å². The van der Waals surface area contributed by atoms with E-state index in [9.17, 15) is 9.90 Å². The van der Waals surface area contributed by atoms with E-state index in [1.165, 1.54) is 16.0 Å². The van der Waals surface area contributed by atoms with Gasteiger partial charge in [0.05, 0.1) is 15.6 Å². The number of benzene rings is 1. The van der Waals surface area contributed by atoms with Crippen molar-refractivity contribution in [2.75, 3.05) is 0 Å². The molecule has 0 aliphatic carbocycles. The first kappa shape index (κ1) is 20.3. The molecular weight excluding hydrogens is 422 g/mol. The van der Waals surface area contributed by atoms with Crippen molar-refractivity contribution in [1.82, 2.24) is 25.0 Å². The minimum atomic E-state index is -1.04. The van der Waals surface area contributed by atoms with Gasteiger partial charge in [0.25, 0.3) is 0 Å². The van der Waals surface area contributed by atoms with E-state index >= 15 is 0 Å². The van der Waals surface area contributed by atoms with Crippen LogP contribution in [0.3, 0.4) is 0 Å². The predicted octanol–water partition coefficient (Wildman–Crippen LogP) is 4.86. The average molecular weight is 442 g/mol. The van der Waals surface area contributed by atoms with Crippen molar-refractivity contribution in [1.29, 1.82) is 0 Å². The van der Waals surface area contributed by atoms with E-state index in [1.54, 1.807) is 31.7 Å². The predicted molar refractivity (Wildman–Crippen MR) is 115 cm³/mol. The first-order valence-corrected chi connectivity index (χ1v) is 10.9. The van der Waals surface area contributed by atoms with Crippen molar-refractivity contribution in [3.05, 3.63) is 47.6 Å². The molecule has 0 aliphatic heterocycles. The second-order valence-corrected chi connectivity index (χ2v) is 9.71. The van der Waals surface area contributed by atoms with Gasteiger partial charge in [0.15, 0.2) is 5.69 Å². The van der Waals surface area contributed by atoms with Gasteiger partial charge in [0, 0.05) is 23.3 Å². The van der Waals surface area contributed by atoms with Crippen LogP contribution in [-0.4, -0.2) is 41.3 Å². The number of thiazole rings is 1. The van der Waals surface area contributed by atoms with Crippen LogP contribution in [0.5, 0.6) is 0 Å². The van der Waals surface area contributed by atoms with Gasteiger partial charge >= 0.3 is 5.97 Å². The van der Waals surface area contributed by atoms with E-state index in [-0.39, 0.29) is 5.69 Å². The third-order valence-corrected chi connectivity index (χ3v) is 6.33. The second kappa shape index (κ2) is 8.04. The van der Waals surface area contributed by atoms with E-state index < -0.39 is 5.97 Å². The largest absolute Gasteiger partial charge is 0.477 e. The van der Waals surface area contributed by atoms with Gasteiger partial charge in [-0.1, -0.05) is 37.3 Å². The summed E-state index contributed by atoms with van der Waals surface area (Å²) in [7, 11) is 0. The van der Waals surface area contributed by atoms with Gasteiger partial charge in [0.2, 0.25) is 16.9 Å². The lowest BCUT2D eigenvalue weighted by Gasteiger charge is -2.05. The van der Waals surface area contributed by atoms with Crippen molar-refractivity contribution >= 4 is 29.1 Å². The number of hydrogen-bond donors (Lipinski definition) is 1. The Labute approximate surface area is 181 Å². The number of carboxylic acids is 1. The Morgan fingerprint density at radius 2 is 1.87 bits per heavy atom. The molecule has 0 unspecified atom stereocenters. The van der Waals surface area contributed by atoms with Gasteiger partial charge in [-0.3, -0.25) is 0 Å². The van der Waals surface area contributed by atoms with Crippen LogP contribution >= 0.6 is 23.1 Å². The van der Waals surface area contributed by atoms with Crippen molar-refractivity contribution in [3.63, 3.8) is 0 Å². The lowest BCUT2D eigenvalue weighted by atomic mass is 10.1. The second-order valence-electron chi connectivity index (χ2n) is 6.89. The summed E-state index contributed by atoms with van der Waals surface area (Å²) in [6.07, 6.45) is 0. The standard InChI is InChI=1S/C20H19N5O3S2/c1-10(2)29-19-16(13-5-7-14(8-6-13)17-23-22-12(4)28-17)21-20(30-19)25-15(18(26)27)9-11(3)24-25/h5-10H,1-4H3,(H,26,27). The van der Waals surface area contributed by atoms with Gasteiger partial charge in [-0.25, -0.2) is 9.78 Å². The maximum atomic E-state index is 11.6. The van der Waals surface area contributed by atoms with E-state index in [1.807, 2.05) is 24.3 Å². The van der Waals surface area contributed by atoms with E-state index in [2.05, 4.69) is 29.1 Å². The Bertz CT molecular complexity index is 1210. The molecule has 0 saturated heterocycles. The molecule has 0 aliphatic rings. The quantitative estimate of drug-likeness (QED) is 0.423. The SMILES string of the molecule is Cc1cc(C(=O)O)n(-c2nc(-c3ccc(-c4nnc(C)o4)cc3)c(SC(C)C)s2)n1. The normalized spacial score (nSPS) is 11.4. The van der Waals surface area contributed by atoms with E-state index in [0.29, 0.717) is 27.9 Å². The summed E-state index contributed by atoms with van der Waals surface area (Å²) in [4.78, 5) is 16.4. The van der Waals surface area contributed by atoms with Gasteiger partial charge in [-0.15, -0.1) is 22.0 Å². The smallest absolute Gasteiger partial charge is 0.354 e. The van der Waals surface area contributed by atoms with Crippen LogP contribution in [0.25, 0.3) is 27.8 Å². The summed E-state index contributed by atoms with van der Waals surface area (Å²) in [5, 5.41) is 22.6. The molecule has 0 saturated carbocycles. The highest BCUT2D eigenvalue weighted by Crippen LogP contribution is 2.40. The molecule has 0 fully saturated rings. The van der Waals surface area contributed by atoms with Crippen molar-refractivity contribution in [2.24, 2.45) is 0 Å². The molecule has 4 aromatic rings. The molecule has 1 aromatic carbocycles. The maximum Gasteiger partial charge on any atom is 0.354 e. The molecule has 0 spiro atoms. The van der Waals surface area contributed by atoms with Gasteiger partial charge in [-0.2, -0.15) is 9.78 Å². The van der Waals surface area contributed by atoms with E-state index in [4.69, 9.17) is 9.40 Å².